The first kappa shape index (κ1) is 17.9. The maximum Gasteiger partial charge on any atom is 0.158 e. The highest BCUT2D eigenvalue weighted by Crippen LogP contribution is 2.27. The van der Waals surface area contributed by atoms with Gasteiger partial charge < -0.3 is 9.67 Å². The van der Waals surface area contributed by atoms with Gasteiger partial charge in [0.05, 0.1) is 11.9 Å². The van der Waals surface area contributed by atoms with Gasteiger partial charge >= 0.3 is 0 Å². The minimum atomic E-state index is -0.0622. The third-order valence-corrected chi connectivity index (χ3v) is 5.40. The van der Waals surface area contributed by atoms with E-state index in [0.29, 0.717) is 11.7 Å². The first-order chi connectivity index (χ1) is 13.1. The van der Waals surface area contributed by atoms with Gasteiger partial charge in [-0.15, -0.1) is 10.2 Å². The van der Waals surface area contributed by atoms with Gasteiger partial charge in [-0.3, -0.25) is 4.90 Å². The molecule has 27 heavy (non-hydrogen) atoms. The molecule has 4 rings (SSSR count). The van der Waals surface area contributed by atoms with Gasteiger partial charge in [0.1, 0.15) is 12.4 Å². The molecule has 3 heterocycles. The van der Waals surface area contributed by atoms with Crippen molar-refractivity contribution in [2.24, 2.45) is 7.05 Å². The standard InChI is InChI=1S/C20H26N6O/c1-15-4-3-5-18(10-15)26-13-16(11-21-26)12-25-8-6-17(7-9-25)20-23-22-19(14-27)24(20)2/h3-5,10-11,13,17,27H,6-9,12,14H2,1-2H3. The van der Waals surface area contributed by atoms with E-state index in [0.717, 1.165) is 44.0 Å². The molecule has 0 bridgehead atoms. The number of hydrogen-bond acceptors (Lipinski definition) is 5. The highest BCUT2D eigenvalue weighted by Gasteiger charge is 2.25. The van der Waals surface area contributed by atoms with Crippen LogP contribution in [-0.2, 0) is 20.2 Å². The monoisotopic (exact) mass is 366 g/mol. The normalized spacial score (nSPS) is 16.1. The molecular weight excluding hydrogens is 340 g/mol. The third-order valence-electron chi connectivity index (χ3n) is 5.40. The molecule has 1 aromatic carbocycles. The maximum atomic E-state index is 9.30. The van der Waals surface area contributed by atoms with Gasteiger partial charge in [0, 0.05) is 31.3 Å². The van der Waals surface area contributed by atoms with Crippen LogP contribution in [0.25, 0.3) is 5.69 Å². The molecule has 0 saturated carbocycles. The van der Waals surface area contributed by atoms with Crippen LogP contribution in [0.15, 0.2) is 36.7 Å². The predicted octanol–water partition coefficient (Wildman–Crippen LogP) is 2.18. The Morgan fingerprint density at radius 3 is 2.70 bits per heavy atom. The summed E-state index contributed by atoms with van der Waals surface area (Å²) in [5.41, 5.74) is 3.57. The minimum absolute atomic E-state index is 0.0622. The Balaban J connectivity index is 1.36. The van der Waals surface area contributed by atoms with E-state index in [1.165, 1.54) is 11.1 Å². The lowest BCUT2D eigenvalue weighted by atomic mass is 9.95. The minimum Gasteiger partial charge on any atom is -0.388 e. The van der Waals surface area contributed by atoms with Crippen LogP contribution in [0.5, 0.6) is 0 Å². The number of aryl methyl sites for hydroxylation is 1. The number of rotatable bonds is 5. The number of aliphatic hydroxyl groups is 1. The molecule has 0 spiro atoms. The Hall–Kier alpha value is -2.51. The fourth-order valence-corrected chi connectivity index (χ4v) is 3.83. The van der Waals surface area contributed by atoms with Crippen molar-refractivity contribution in [3.63, 3.8) is 0 Å². The highest BCUT2D eigenvalue weighted by atomic mass is 16.3. The highest BCUT2D eigenvalue weighted by molar-refractivity contribution is 5.35. The fourth-order valence-electron chi connectivity index (χ4n) is 3.83. The number of hydrogen-bond donors (Lipinski definition) is 1. The van der Waals surface area contributed by atoms with E-state index in [1.807, 2.05) is 22.5 Å². The van der Waals surface area contributed by atoms with Crippen LogP contribution in [0.1, 0.15) is 41.5 Å². The van der Waals surface area contributed by atoms with Crippen LogP contribution in [0.3, 0.4) is 0 Å². The van der Waals surface area contributed by atoms with Gasteiger partial charge in [0.15, 0.2) is 5.82 Å². The van der Waals surface area contributed by atoms with Crippen molar-refractivity contribution >= 4 is 0 Å². The Kier molecular flexibility index (Phi) is 5.05. The van der Waals surface area contributed by atoms with Crippen molar-refractivity contribution < 1.29 is 5.11 Å². The summed E-state index contributed by atoms with van der Waals surface area (Å²) in [6, 6.07) is 8.38. The van der Waals surface area contributed by atoms with Crippen LogP contribution in [0, 0.1) is 6.92 Å². The number of aromatic nitrogens is 5. The molecule has 0 radical (unpaired) electrons. The average Bonchev–Trinajstić information content (AvgIpc) is 3.29. The largest absolute Gasteiger partial charge is 0.388 e. The van der Waals surface area contributed by atoms with Crippen LogP contribution >= 0.6 is 0 Å². The quantitative estimate of drug-likeness (QED) is 0.749. The molecule has 1 aliphatic heterocycles. The summed E-state index contributed by atoms with van der Waals surface area (Å²) in [5, 5.41) is 22.2. The van der Waals surface area contributed by atoms with Gasteiger partial charge in [-0.05, 0) is 50.6 Å². The SMILES string of the molecule is Cc1cccc(-n2cc(CN3CCC(c4nnc(CO)n4C)CC3)cn2)c1. The molecule has 0 atom stereocenters. The first-order valence-electron chi connectivity index (χ1n) is 9.46. The zero-order valence-corrected chi connectivity index (χ0v) is 15.9. The van der Waals surface area contributed by atoms with Crippen LogP contribution in [-0.4, -0.2) is 47.6 Å². The summed E-state index contributed by atoms with van der Waals surface area (Å²) in [7, 11) is 1.94. The summed E-state index contributed by atoms with van der Waals surface area (Å²) in [4.78, 5) is 2.47. The smallest absolute Gasteiger partial charge is 0.158 e. The molecule has 1 saturated heterocycles. The summed E-state index contributed by atoms with van der Waals surface area (Å²) in [6.45, 7) is 5.01. The number of likely N-dealkylation sites (tertiary alicyclic amines) is 1. The molecule has 2 aromatic heterocycles. The molecule has 0 amide bonds. The molecule has 1 fully saturated rings. The summed E-state index contributed by atoms with van der Waals surface area (Å²) in [5.74, 6) is 2.04. The lowest BCUT2D eigenvalue weighted by Crippen LogP contribution is -2.33. The van der Waals surface area contributed by atoms with Gasteiger partial charge in [0.25, 0.3) is 0 Å². The van der Waals surface area contributed by atoms with Gasteiger partial charge in [-0.25, -0.2) is 4.68 Å². The molecule has 3 aromatic rings. The van der Waals surface area contributed by atoms with Gasteiger partial charge in [0.2, 0.25) is 0 Å². The van der Waals surface area contributed by atoms with Gasteiger partial charge in [-0.2, -0.15) is 5.10 Å². The van der Waals surface area contributed by atoms with Crippen molar-refractivity contribution in [2.75, 3.05) is 13.1 Å². The molecule has 0 aliphatic carbocycles. The molecule has 7 heteroatoms. The lowest BCUT2D eigenvalue weighted by molar-refractivity contribution is 0.200. The molecule has 0 unspecified atom stereocenters. The van der Waals surface area contributed by atoms with E-state index in [4.69, 9.17) is 0 Å². The topological polar surface area (TPSA) is 72.0 Å². The van der Waals surface area contributed by atoms with Crippen molar-refractivity contribution in [2.45, 2.75) is 38.8 Å². The van der Waals surface area contributed by atoms with Crippen LogP contribution < -0.4 is 0 Å². The molecular formula is C20H26N6O. The Morgan fingerprint density at radius 1 is 1.19 bits per heavy atom. The number of benzene rings is 1. The molecule has 1 N–H and O–H groups in total. The van der Waals surface area contributed by atoms with E-state index >= 15 is 0 Å². The molecule has 1 aliphatic rings. The Labute approximate surface area is 159 Å². The summed E-state index contributed by atoms with van der Waals surface area (Å²) < 4.78 is 3.89. The third kappa shape index (κ3) is 3.79. The van der Waals surface area contributed by atoms with E-state index in [2.05, 4.69) is 57.6 Å². The number of nitrogens with zero attached hydrogens (tertiary/aromatic N) is 6. The van der Waals surface area contributed by atoms with E-state index in [-0.39, 0.29) is 6.61 Å². The second kappa shape index (κ2) is 7.62. The number of piperidine rings is 1. The zero-order chi connectivity index (χ0) is 18.8. The van der Waals surface area contributed by atoms with Crippen molar-refractivity contribution in [3.8, 4) is 5.69 Å². The van der Waals surface area contributed by atoms with Crippen molar-refractivity contribution in [1.29, 1.82) is 0 Å². The second-order valence-electron chi connectivity index (χ2n) is 7.37. The summed E-state index contributed by atoms with van der Waals surface area (Å²) >= 11 is 0. The van der Waals surface area contributed by atoms with E-state index in [9.17, 15) is 5.11 Å². The summed E-state index contributed by atoms with van der Waals surface area (Å²) in [6.07, 6.45) is 6.20. The maximum absolute atomic E-state index is 9.30. The predicted molar refractivity (Wildman–Crippen MR) is 102 cm³/mol. The van der Waals surface area contributed by atoms with Crippen molar-refractivity contribution in [1.82, 2.24) is 29.4 Å². The van der Waals surface area contributed by atoms with Crippen LogP contribution in [0.2, 0.25) is 0 Å². The lowest BCUT2D eigenvalue weighted by Gasteiger charge is -2.31. The number of aliphatic hydroxyl groups excluding tert-OH is 1. The first-order valence-corrected chi connectivity index (χ1v) is 9.46. The average molecular weight is 366 g/mol. The second-order valence-corrected chi connectivity index (χ2v) is 7.37. The Morgan fingerprint density at radius 2 is 2.00 bits per heavy atom. The Bertz CT molecular complexity index is 907. The fraction of sp³-hybridized carbons (Fsp3) is 0.450. The molecule has 7 nitrogen and oxygen atoms in total. The van der Waals surface area contributed by atoms with Gasteiger partial charge in [-0.1, -0.05) is 12.1 Å². The van der Waals surface area contributed by atoms with E-state index < -0.39 is 0 Å². The zero-order valence-electron chi connectivity index (χ0n) is 15.9. The van der Waals surface area contributed by atoms with E-state index in [1.54, 1.807) is 0 Å². The van der Waals surface area contributed by atoms with Crippen LogP contribution in [0.4, 0.5) is 0 Å². The molecule has 142 valence electrons. The van der Waals surface area contributed by atoms with Crippen molar-refractivity contribution in [3.05, 3.63) is 59.4 Å².